The van der Waals surface area contributed by atoms with Crippen molar-refractivity contribution in [1.82, 2.24) is 0 Å². The first-order chi connectivity index (χ1) is 3.85. The van der Waals surface area contributed by atoms with Gasteiger partial charge >= 0.3 is 0 Å². The van der Waals surface area contributed by atoms with Crippen LogP contribution in [0, 0.1) is 5.92 Å². The van der Waals surface area contributed by atoms with Gasteiger partial charge in [-0.05, 0) is 12.3 Å². The molecule has 2 heteroatoms. The van der Waals surface area contributed by atoms with Crippen LogP contribution in [0.15, 0.2) is 0 Å². The van der Waals surface area contributed by atoms with Gasteiger partial charge in [0.2, 0.25) is 0 Å². The summed E-state index contributed by atoms with van der Waals surface area (Å²) in [6, 6.07) is 0. The monoisotopic (exact) mass is 228 g/mol. The molecule has 1 nitrogen and oxygen atoms in total. The molecule has 0 aliphatic carbocycles. The molecule has 0 aliphatic rings. The van der Waals surface area contributed by atoms with Crippen molar-refractivity contribution in [3.8, 4) is 0 Å². The Labute approximate surface area is 64.6 Å². The number of hydrogen-bond acceptors (Lipinski definition) is 1. The van der Waals surface area contributed by atoms with Crippen molar-refractivity contribution in [2.45, 2.75) is 19.8 Å². The van der Waals surface area contributed by atoms with Gasteiger partial charge in [-0.25, -0.2) is 0 Å². The highest BCUT2D eigenvalue weighted by atomic mass is 127. The first-order valence-corrected chi connectivity index (χ1v) is 4.54. The van der Waals surface area contributed by atoms with Gasteiger partial charge in [-0.15, -0.1) is 0 Å². The molecule has 50 valence electrons. The Kier molecular flexibility index (Phi) is 6.32. The molecule has 1 N–H and O–H groups in total. The van der Waals surface area contributed by atoms with E-state index in [1.165, 1.54) is 12.8 Å². The van der Waals surface area contributed by atoms with Gasteiger partial charge in [0.1, 0.15) is 0 Å². The minimum absolute atomic E-state index is 0.358. The van der Waals surface area contributed by atoms with E-state index in [1.807, 2.05) is 0 Å². The lowest BCUT2D eigenvalue weighted by molar-refractivity contribution is 0.234. The highest BCUT2D eigenvalue weighted by Crippen LogP contribution is 2.07. The standard InChI is InChI=1S/C6H13IO/c1-2-3-6(4-7)5-8/h6,8H,2-5H2,1H3/t6-/m1/s1. The molecule has 0 bridgehead atoms. The van der Waals surface area contributed by atoms with Gasteiger partial charge in [-0.1, -0.05) is 35.9 Å². The normalized spacial score (nSPS) is 13.9. The Morgan fingerprint density at radius 1 is 1.62 bits per heavy atom. The first-order valence-electron chi connectivity index (χ1n) is 3.02. The molecule has 1 atom stereocenters. The maximum atomic E-state index is 8.65. The fourth-order valence-electron chi connectivity index (χ4n) is 0.625. The highest BCUT2D eigenvalue weighted by molar-refractivity contribution is 14.1. The lowest BCUT2D eigenvalue weighted by Gasteiger charge is -2.06. The van der Waals surface area contributed by atoms with E-state index in [0.29, 0.717) is 12.5 Å². The van der Waals surface area contributed by atoms with E-state index < -0.39 is 0 Å². The Morgan fingerprint density at radius 2 is 2.25 bits per heavy atom. The van der Waals surface area contributed by atoms with Gasteiger partial charge in [-0.3, -0.25) is 0 Å². The van der Waals surface area contributed by atoms with Crippen LogP contribution in [0.2, 0.25) is 0 Å². The van der Waals surface area contributed by atoms with Gasteiger partial charge in [0.15, 0.2) is 0 Å². The summed E-state index contributed by atoms with van der Waals surface area (Å²) in [4.78, 5) is 0. The van der Waals surface area contributed by atoms with Crippen LogP contribution in [0.3, 0.4) is 0 Å². The summed E-state index contributed by atoms with van der Waals surface area (Å²) in [5.41, 5.74) is 0. The third-order valence-electron chi connectivity index (χ3n) is 1.17. The molecule has 0 aromatic heterocycles. The topological polar surface area (TPSA) is 20.2 Å². The predicted octanol–water partition coefficient (Wildman–Crippen LogP) is 1.83. The Hall–Kier alpha value is 0.690. The van der Waals surface area contributed by atoms with Crippen LogP contribution in [0.1, 0.15) is 19.8 Å². The van der Waals surface area contributed by atoms with Crippen molar-refractivity contribution < 1.29 is 5.11 Å². The number of halogens is 1. The Balaban J connectivity index is 3.07. The zero-order valence-corrected chi connectivity index (χ0v) is 7.39. The SMILES string of the molecule is CCC[C@@H](CO)CI. The van der Waals surface area contributed by atoms with E-state index in [1.54, 1.807) is 0 Å². The van der Waals surface area contributed by atoms with Gasteiger partial charge in [0.25, 0.3) is 0 Å². The lowest BCUT2D eigenvalue weighted by atomic mass is 10.1. The molecule has 0 aliphatic heterocycles. The molecule has 0 fully saturated rings. The molecule has 8 heavy (non-hydrogen) atoms. The van der Waals surface area contributed by atoms with Crippen molar-refractivity contribution in [2.24, 2.45) is 5.92 Å². The van der Waals surface area contributed by atoms with E-state index in [0.717, 1.165) is 4.43 Å². The largest absolute Gasteiger partial charge is 0.396 e. The van der Waals surface area contributed by atoms with Crippen LogP contribution >= 0.6 is 22.6 Å². The van der Waals surface area contributed by atoms with Crippen LogP contribution in [-0.2, 0) is 0 Å². The molecule has 0 radical (unpaired) electrons. The maximum Gasteiger partial charge on any atom is 0.0466 e. The summed E-state index contributed by atoms with van der Waals surface area (Å²) in [5.74, 6) is 0.542. The summed E-state index contributed by atoms with van der Waals surface area (Å²) in [6.07, 6.45) is 2.35. The third kappa shape index (κ3) is 3.66. The minimum Gasteiger partial charge on any atom is -0.396 e. The van der Waals surface area contributed by atoms with Gasteiger partial charge in [-0.2, -0.15) is 0 Å². The quantitative estimate of drug-likeness (QED) is 0.574. The van der Waals surface area contributed by atoms with Gasteiger partial charge in [0, 0.05) is 11.0 Å². The van der Waals surface area contributed by atoms with E-state index in [9.17, 15) is 0 Å². The molecule has 0 spiro atoms. The van der Waals surface area contributed by atoms with Crippen molar-refractivity contribution in [2.75, 3.05) is 11.0 Å². The van der Waals surface area contributed by atoms with E-state index in [-0.39, 0.29) is 0 Å². The fourth-order valence-corrected chi connectivity index (χ4v) is 1.34. The zero-order chi connectivity index (χ0) is 6.41. The number of alkyl halides is 1. The zero-order valence-electron chi connectivity index (χ0n) is 5.23. The second-order valence-electron chi connectivity index (χ2n) is 1.99. The fraction of sp³-hybridized carbons (Fsp3) is 1.00. The summed E-state index contributed by atoms with van der Waals surface area (Å²) >= 11 is 2.31. The van der Waals surface area contributed by atoms with Crippen LogP contribution in [-0.4, -0.2) is 16.1 Å². The Bertz CT molecular complexity index is 43.8. The van der Waals surface area contributed by atoms with Crippen LogP contribution < -0.4 is 0 Å². The van der Waals surface area contributed by atoms with Crippen LogP contribution in [0.25, 0.3) is 0 Å². The number of hydrogen-bond donors (Lipinski definition) is 1. The second-order valence-corrected chi connectivity index (χ2v) is 2.87. The van der Waals surface area contributed by atoms with Crippen molar-refractivity contribution >= 4 is 22.6 Å². The first kappa shape index (κ1) is 8.69. The van der Waals surface area contributed by atoms with Gasteiger partial charge < -0.3 is 5.11 Å². The number of aliphatic hydroxyl groups is 1. The molecule has 0 rings (SSSR count). The third-order valence-corrected chi connectivity index (χ3v) is 2.42. The second kappa shape index (κ2) is 5.82. The average Bonchev–Trinajstić information content (AvgIpc) is 1.83. The molecular weight excluding hydrogens is 215 g/mol. The molecule has 0 amide bonds. The average molecular weight is 228 g/mol. The van der Waals surface area contributed by atoms with E-state index >= 15 is 0 Å². The van der Waals surface area contributed by atoms with Gasteiger partial charge in [0.05, 0.1) is 0 Å². The summed E-state index contributed by atoms with van der Waals surface area (Å²) in [6.45, 7) is 2.51. The molecule has 0 aromatic rings. The molecule has 0 saturated carbocycles. The molecule has 0 heterocycles. The highest BCUT2D eigenvalue weighted by Gasteiger charge is 2.01. The molecular formula is C6H13IO. The maximum absolute atomic E-state index is 8.65. The summed E-state index contributed by atoms with van der Waals surface area (Å²) in [7, 11) is 0. The van der Waals surface area contributed by atoms with Crippen LogP contribution in [0.4, 0.5) is 0 Å². The number of aliphatic hydroxyl groups excluding tert-OH is 1. The predicted molar refractivity (Wildman–Crippen MR) is 44.4 cm³/mol. The van der Waals surface area contributed by atoms with E-state index in [2.05, 4.69) is 29.5 Å². The molecule has 0 aromatic carbocycles. The Morgan fingerprint density at radius 3 is 2.38 bits per heavy atom. The van der Waals surface area contributed by atoms with Crippen molar-refractivity contribution in [3.63, 3.8) is 0 Å². The minimum atomic E-state index is 0.358. The number of rotatable bonds is 4. The molecule has 0 unspecified atom stereocenters. The molecule has 0 saturated heterocycles. The van der Waals surface area contributed by atoms with Crippen LogP contribution in [0.5, 0.6) is 0 Å². The smallest absolute Gasteiger partial charge is 0.0466 e. The van der Waals surface area contributed by atoms with Crippen molar-refractivity contribution in [3.05, 3.63) is 0 Å². The summed E-state index contributed by atoms with van der Waals surface area (Å²) in [5, 5.41) is 8.65. The van der Waals surface area contributed by atoms with E-state index in [4.69, 9.17) is 5.11 Å². The lowest BCUT2D eigenvalue weighted by Crippen LogP contribution is -2.05. The summed E-state index contributed by atoms with van der Waals surface area (Å²) < 4.78 is 1.09. The van der Waals surface area contributed by atoms with Crippen molar-refractivity contribution in [1.29, 1.82) is 0 Å².